The van der Waals surface area contributed by atoms with Gasteiger partial charge in [-0.05, 0) is 35.9 Å². The van der Waals surface area contributed by atoms with Crippen molar-refractivity contribution >= 4 is 29.2 Å². The molecule has 26 heavy (non-hydrogen) atoms. The fraction of sp³-hybridized carbons (Fsp3) is 0.316. The lowest BCUT2D eigenvalue weighted by molar-refractivity contribution is -0.127. The van der Waals surface area contributed by atoms with Gasteiger partial charge in [-0.2, -0.15) is 0 Å². The van der Waals surface area contributed by atoms with E-state index in [0.29, 0.717) is 12.8 Å². The van der Waals surface area contributed by atoms with Gasteiger partial charge < -0.3 is 10.1 Å². The molecule has 3 amide bonds. The van der Waals surface area contributed by atoms with Gasteiger partial charge in [0.1, 0.15) is 0 Å². The predicted octanol–water partition coefficient (Wildman–Crippen LogP) is 2.83. The van der Waals surface area contributed by atoms with Gasteiger partial charge in [-0.15, -0.1) is 11.3 Å². The summed E-state index contributed by atoms with van der Waals surface area (Å²) in [7, 11) is 0. The van der Waals surface area contributed by atoms with Crippen LogP contribution in [-0.2, 0) is 20.7 Å². The number of aryl methyl sites for hydroxylation is 2. The van der Waals surface area contributed by atoms with Crippen LogP contribution >= 0.6 is 11.3 Å². The maximum atomic E-state index is 12.4. The van der Waals surface area contributed by atoms with E-state index >= 15 is 0 Å². The third-order valence-corrected chi connectivity index (χ3v) is 5.37. The van der Waals surface area contributed by atoms with E-state index in [0.717, 1.165) is 10.5 Å². The number of carbonyl (C=O) groups excluding carboxylic acids is 3. The number of thiophene rings is 1. The Balaban J connectivity index is 1.67. The Morgan fingerprint density at radius 3 is 2.65 bits per heavy atom. The molecule has 7 heteroatoms. The number of hydrogen-bond acceptors (Lipinski definition) is 5. The number of imide groups is 1. The average Bonchev–Trinajstić information content (AvgIpc) is 3.19. The minimum absolute atomic E-state index is 0.0610. The topological polar surface area (TPSA) is 75.7 Å². The number of carbonyl (C=O) groups is 3. The summed E-state index contributed by atoms with van der Waals surface area (Å²) in [4.78, 5) is 38.2. The van der Waals surface area contributed by atoms with E-state index in [-0.39, 0.29) is 25.0 Å². The zero-order valence-electron chi connectivity index (χ0n) is 14.4. The van der Waals surface area contributed by atoms with Crippen LogP contribution in [0.25, 0.3) is 0 Å². The number of rotatable bonds is 7. The Labute approximate surface area is 155 Å². The van der Waals surface area contributed by atoms with Crippen molar-refractivity contribution in [1.29, 1.82) is 0 Å². The van der Waals surface area contributed by atoms with E-state index < -0.39 is 12.1 Å². The summed E-state index contributed by atoms with van der Waals surface area (Å²) in [5.74, 6) is -0.508. The fourth-order valence-corrected chi connectivity index (χ4v) is 3.72. The SMILES string of the molecule is Cc1ccsc1CCC(=O)NC(CN1C(=O)COC1=O)c1ccccc1. The first-order chi connectivity index (χ1) is 12.5. The smallest absolute Gasteiger partial charge is 0.417 e. The molecular weight excluding hydrogens is 352 g/mol. The van der Waals surface area contributed by atoms with Gasteiger partial charge >= 0.3 is 6.09 Å². The second kappa shape index (κ2) is 8.14. The summed E-state index contributed by atoms with van der Waals surface area (Å²) in [6.45, 7) is 1.85. The van der Waals surface area contributed by atoms with Crippen LogP contribution in [0.15, 0.2) is 41.8 Å². The number of hydrogen-bond donors (Lipinski definition) is 1. The summed E-state index contributed by atoms with van der Waals surface area (Å²) in [5.41, 5.74) is 2.02. The fourth-order valence-electron chi connectivity index (χ4n) is 2.81. The Kier molecular flexibility index (Phi) is 5.68. The normalized spacial score (nSPS) is 15.0. The largest absolute Gasteiger partial charge is 0.439 e. The molecule has 1 atom stereocenters. The van der Waals surface area contributed by atoms with Gasteiger partial charge in [-0.25, -0.2) is 9.69 Å². The van der Waals surface area contributed by atoms with Gasteiger partial charge in [0.25, 0.3) is 5.91 Å². The minimum Gasteiger partial charge on any atom is -0.439 e. The molecule has 2 aromatic rings. The Morgan fingerprint density at radius 1 is 1.27 bits per heavy atom. The zero-order chi connectivity index (χ0) is 18.5. The lowest BCUT2D eigenvalue weighted by Crippen LogP contribution is -2.40. The van der Waals surface area contributed by atoms with Crippen LogP contribution in [0.3, 0.4) is 0 Å². The predicted molar refractivity (Wildman–Crippen MR) is 97.8 cm³/mol. The molecule has 3 rings (SSSR count). The monoisotopic (exact) mass is 372 g/mol. The molecule has 1 unspecified atom stereocenters. The molecule has 0 aliphatic carbocycles. The number of nitrogens with one attached hydrogen (secondary N) is 1. The van der Waals surface area contributed by atoms with Gasteiger partial charge in [0.2, 0.25) is 5.91 Å². The quantitative estimate of drug-likeness (QED) is 0.811. The van der Waals surface area contributed by atoms with E-state index in [2.05, 4.69) is 5.32 Å². The molecule has 1 fully saturated rings. The van der Waals surface area contributed by atoms with E-state index in [1.165, 1.54) is 10.4 Å². The first kappa shape index (κ1) is 18.1. The summed E-state index contributed by atoms with van der Waals surface area (Å²) in [6, 6.07) is 10.9. The van der Waals surface area contributed by atoms with Crippen molar-refractivity contribution in [2.45, 2.75) is 25.8 Å². The molecule has 1 saturated heterocycles. The van der Waals surface area contributed by atoms with Crippen LogP contribution in [0.1, 0.15) is 28.5 Å². The third-order valence-electron chi connectivity index (χ3n) is 4.29. The van der Waals surface area contributed by atoms with Crippen molar-refractivity contribution in [2.75, 3.05) is 13.2 Å². The van der Waals surface area contributed by atoms with Crippen molar-refractivity contribution in [3.63, 3.8) is 0 Å². The Morgan fingerprint density at radius 2 is 2.04 bits per heavy atom. The highest BCUT2D eigenvalue weighted by atomic mass is 32.1. The van der Waals surface area contributed by atoms with Gasteiger partial charge in [-0.3, -0.25) is 9.59 Å². The van der Waals surface area contributed by atoms with Crippen LogP contribution in [0.2, 0.25) is 0 Å². The highest BCUT2D eigenvalue weighted by molar-refractivity contribution is 7.10. The van der Waals surface area contributed by atoms with E-state index in [1.54, 1.807) is 11.3 Å². The molecule has 0 bridgehead atoms. The highest BCUT2D eigenvalue weighted by Gasteiger charge is 2.33. The zero-order valence-corrected chi connectivity index (χ0v) is 15.3. The number of nitrogens with zero attached hydrogens (tertiary/aromatic N) is 1. The van der Waals surface area contributed by atoms with Gasteiger partial charge in [0.05, 0.1) is 12.6 Å². The molecular formula is C19H20N2O4S. The molecule has 1 N–H and O–H groups in total. The lowest BCUT2D eigenvalue weighted by Gasteiger charge is -2.22. The second-order valence-corrected chi connectivity index (χ2v) is 7.12. The van der Waals surface area contributed by atoms with Crippen LogP contribution in [-0.4, -0.2) is 36.0 Å². The lowest BCUT2D eigenvalue weighted by atomic mass is 10.1. The van der Waals surface area contributed by atoms with Crippen molar-refractivity contribution in [3.05, 3.63) is 57.8 Å². The maximum absolute atomic E-state index is 12.4. The van der Waals surface area contributed by atoms with E-state index in [1.807, 2.05) is 48.7 Å². The first-order valence-corrected chi connectivity index (χ1v) is 9.27. The Hall–Kier alpha value is -2.67. The first-order valence-electron chi connectivity index (χ1n) is 8.39. The molecule has 0 spiro atoms. The summed E-state index contributed by atoms with van der Waals surface area (Å²) < 4.78 is 4.76. The van der Waals surface area contributed by atoms with Crippen LogP contribution in [0, 0.1) is 6.92 Å². The van der Waals surface area contributed by atoms with Gasteiger partial charge in [0, 0.05) is 11.3 Å². The van der Waals surface area contributed by atoms with E-state index in [4.69, 9.17) is 4.74 Å². The molecule has 2 heterocycles. The maximum Gasteiger partial charge on any atom is 0.417 e. The van der Waals surface area contributed by atoms with Crippen molar-refractivity contribution in [1.82, 2.24) is 10.2 Å². The summed E-state index contributed by atoms with van der Waals surface area (Å²) in [5, 5.41) is 4.96. The van der Waals surface area contributed by atoms with Gasteiger partial charge in [-0.1, -0.05) is 30.3 Å². The van der Waals surface area contributed by atoms with Gasteiger partial charge in [0.15, 0.2) is 6.61 Å². The number of amides is 3. The number of benzene rings is 1. The summed E-state index contributed by atoms with van der Waals surface area (Å²) in [6.07, 6.45) is 0.351. The molecule has 6 nitrogen and oxygen atoms in total. The van der Waals surface area contributed by atoms with Crippen LogP contribution in [0.4, 0.5) is 4.79 Å². The highest BCUT2D eigenvalue weighted by Crippen LogP contribution is 2.20. The summed E-state index contributed by atoms with van der Waals surface area (Å²) >= 11 is 1.64. The van der Waals surface area contributed by atoms with Crippen molar-refractivity contribution in [2.24, 2.45) is 0 Å². The third kappa shape index (κ3) is 4.29. The molecule has 0 saturated carbocycles. The van der Waals surface area contributed by atoms with Crippen LogP contribution < -0.4 is 5.32 Å². The molecule has 136 valence electrons. The van der Waals surface area contributed by atoms with Crippen molar-refractivity contribution in [3.8, 4) is 0 Å². The van der Waals surface area contributed by atoms with E-state index in [9.17, 15) is 14.4 Å². The van der Waals surface area contributed by atoms with Crippen molar-refractivity contribution < 1.29 is 19.1 Å². The molecule has 1 aliphatic rings. The average molecular weight is 372 g/mol. The molecule has 1 aliphatic heterocycles. The molecule has 1 aromatic carbocycles. The number of cyclic esters (lactones) is 1. The minimum atomic E-state index is -0.667. The second-order valence-electron chi connectivity index (χ2n) is 6.12. The molecule has 0 radical (unpaired) electrons. The van der Waals surface area contributed by atoms with Crippen LogP contribution in [0.5, 0.6) is 0 Å². The Bertz CT molecular complexity index is 787. The standard InChI is InChI=1S/C19H20N2O4S/c1-13-9-10-26-16(13)7-8-17(22)20-15(14-5-3-2-4-6-14)11-21-18(23)12-25-19(21)24/h2-6,9-10,15H,7-8,11-12H2,1H3,(H,20,22). The number of ether oxygens (including phenoxy) is 1. The molecule has 1 aromatic heterocycles.